The van der Waals surface area contributed by atoms with Gasteiger partial charge in [-0.15, -0.1) is 0 Å². The molecule has 0 aromatic carbocycles. The average molecular weight is 277 g/mol. The van der Waals surface area contributed by atoms with E-state index < -0.39 is 10.0 Å². The van der Waals surface area contributed by atoms with E-state index in [4.69, 9.17) is 4.74 Å². The molecule has 0 aliphatic carbocycles. The van der Waals surface area contributed by atoms with Crippen molar-refractivity contribution >= 4 is 16.1 Å². The Kier molecular flexibility index (Phi) is 4.08. The van der Waals surface area contributed by atoms with E-state index in [0.29, 0.717) is 45.8 Å². The molecule has 8 heteroatoms. The summed E-state index contributed by atoms with van der Waals surface area (Å²) in [5.41, 5.74) is 0. The Labute approximate surface area is 107 Å². The predicted molar refractivity (Wildman–Crippen MR) is 65.7 cm³/mol. The molecular formula is C10H19N3O4S. The number of nitrogens with zero attached hydrogens (tertiary/aromatic N) is 2. The minimum atomic E-state index is -3.15. The second-order valence-corrected chi connectivity index (χ2v) is 6.64. The molecule has 0 radical (unpaired) electrons. The first-order chi connectivity index (χ1) is 8.47. The first-order valence-corrected chi connectivity index (χ1v) is 7.90. The van der Waals surface area contributed by atoms with Crippen molar-refractivity contribution in [2.24, 2.45) is 0 Å². The van der Waals surface area contributed by atoms with E-state index in [2.05, 4.69) is 5.32 Å². The minimum absolute atomic E-state index is 0.0879. The molecule has 18 heavy (non-hydrogen) atoms. The molecule has 2 amide bonds. The van der Waals surface area contributed by atoms with Crippen molar-refractivity contribution in [1.29, 1.82) is 0 Å². The summed E-state index contributed by atoms with van der Waals surface area (Å²) in [7, 11) is -3.15. The van der Waals surface area contributed by atoms with Gasteiger partial charge in [0.1, 0.15) is 0 Å². The normalized spacial score (nSPS) is 26.3. The van der Waals surface area contributed by atoms with Crippen molar-refractivity contribution in [2.45, 2.75) is 12.5 Å². The number of carbonyl (C=O) groups excluding carboxylic acids is 1. The molecular weight excluding hydrogens is 258 g/mol. The third kappa shape index (κ3) is 3.33. The zero-order chi connectivity index (χ0) is 13.2. The third-order valence-electron chi connectivity index (χ3n) is 3.25. The van der Waals surface area contributed by atoms with Gasteiger partial charge < -0.3 is 15.0 Å². The first kappa shape index (κ1) is 13.6. The van der Waals surface area contributed by atoms with Crippen LogP contribution in [-0.2, 0) is 14.8 Å². The van der Waals surface area contributed by atoms with E-state index in [1.54, 1.807) is 4.90 Å². The molecule has 0 spiro atoms. The van der Waals surface area contributed by atoms with Crippen LogP contribution < -0.4 is 5.32 Å². The van der Waals surface area contributed by atoms with Crippen LogP contribution in [0.1, 0.15) is 6.42 Å². The fraction of sp³-hybridized carbons (Fsp3) is 0.900. The van der Waals surface area contributed by atoms with Crippen LogP contribution in [0, 0.1) is 0 Å². The molecule has 0 aromatic heterocycles. The highest BCUT2D eigenvalue weighted by atomic mass is 32.2. The molecule has 2 heterocycles. The Morgan fingerprint density at radius 2 is 1.94 bits per heavy atom. The highest BCUT2D eigenvalue weighted by Crippen LogP contribution is 2.13. The monoisotopic (exact) mass is 277 g/mol. The van der Waals surface area contributed by atoms with Crippen LogP contribution in [0.3, 0.4) is 0 Å². The maximum absolute atomic E-state index is 11.9. The summed E-state index contributed by atoms with van der Waals surface area (Å²) in [5.74, 6) is 0. The Morgan fingerprint density at radius 1 is 1.28 bits per heavy atom. The zero-order valence-corrected chi connectivity index (χ0v) is 11.3. The fourth-order valence-electron chi connectivity index (χ4n) is 2.18. The number of morpholine rings is 1. The summed E-state index contributed by atoms with van der Waals surface area (Å²) in [4.78, 5) is 13.6. The van der Waals surface area contributed by atoms with Crippen molar-refractivity contribution in [1.82, 2.24) is 14.5 Å². The molecule has 0 saturated carbocycles. The highest BCUT2D eigenvalue weighted by molar-refractivity contribution is 7.88. The minimum Gasteiger partial charge on any atom is -0.378 e. The summed E-state index contributed by atoms with van der Waals surface area (Å²) in [6.07, 6.45) is 1.86. The smallest absolute Gasteiger partial charge is 0.317 e. The van der Waals surface area contributed by atoms with Gasteiger partial charge >= 0.3 is 6.03 Å². The number of sulfonamides is 1. The molecule has 0 aromatic rings. The Morgan fingerprint density at radius 3 is 2.50 bits per heavy atom. The molecule has 1 N–H and O–H groups in total. The fourth-order valence-corrected chi connectivity index (χ4v) is 3.07. The van der Waals surface area contributed by atoms with Crippen LogP contribution in [-0.4, -0.2) is 75.3 Å². The van der Waals surface area contributed by atoms with Gasteiger partial charge in [-0.3, -0.25) is 0 Å². The molecule has 2 rings (SSSR count). The topological polar surface area (TPSA) is 79.0 Å². The van der Waals surface area contributed by atoms with E-state index in [0.717, 1.165) is 0 Å². The number of hydrogen-bond donors (Lipinski definition) is 1. The Hall–Kier alpha value is -0.860. The van der Waals surface area contributed by atoms with Crippen LogP contribution >= 0.6 is 0 Å². The van der Waals surface area contributed by atoms with Gasteiger partial charge in [0.05, 0.1) is 19.5 Å². The van der Waals surface area contributed by atoms with Crippen LogP contribution in [0.15, 0.2) is 0 Å². The van der Waals surface area contributed by atoms with Gasteiger partial charge in [-0.05, 0) is 6.42 Å². The van der Waals surface area contributed by atoms with Gasteiger partial charge in [-0.1, -0.05) is 0 Å². The summed E-state index contributed by atoms with van der Waals surface area (Å²) >= 11 is 0. The van der Waals surface area contributed by atoms with E-state index in [1.807, 2.05) is 0 Å². The molecule has 104 valence electrons. The molecule has 2 aliphatic rings. The van der Waals surface area contributed by atoms with E-state index >= 15 is 0 Å². The van der Waals surface area contributed by atoms with Gasteiger partial charge in [-0.25, -0.2) is 17.5 Å². The quantitative estimate of drug-likeness (QED) is 0.707. The van der Waals surface area contributed by atoms with E-state index in [-0.39, 0.29) is 12.1 Å². The van der Waals surface area contributed by atoms with Crippen LogP contribution in [0.5, 0.6) is 0 Å². The first-order valence-electron chi connectivity index (χ1n) is 6.05. The van der Waals surface area contributed by atoms with E-state index in [9.17, 15) is 13.2 Å². The Balaban J connectivity index is 1.82. The predicted octanol–water partition coefficient (Wildman–Crippen LogP) is -0.938. The maximum Gasteiger partial charge on any atom is 0.317 e. The molecule has 2 saturated heterocycles. The van der Waals surface area contributed by atoms with Crippen LogP contribution in [0.4, 0.5) is 4.79 Å². The Bertz CT molecular complexity index is 405. The number of urea groups is 1. The highest BCUT2D eigenvalue weighted by Gasteiger charge is 2.30. The molecule has 2 aliphatic heterocycles. The zero-order valence-electron chi connectivity index (χ0n) is 10.5. The van der Waals surface area contributed by atoms with Gasteiger partial charge in [0.25, 0.3) is 0 Å². The maximum atomic E-state index is 11.9. The SMILES string of the molecule is CS(=O)(=O)N1CCC(NC(=O)N2CCOCC2)C1. The summed E-state index contributed by atoms with van der Waals surface area (Å²) in [6.45, 7) is 3.16. The number of amides is 2. The second kappa shape index (κ2) is 5.41. The van der Waals surface area contributed by atoms with Gasteiger partial charge in [0, 0.05) is 32.2 Å². The van der Waals surface area contributed by atoms with E-state index in [1.165, 1.54) is 10.6 Å². The summed E-state index contributed by atoms with van der Waals surface area (Å²) in [6, 6.07) is -0.214. The van der Waals surface area contributed by atoms with Gasteiger partial charge in [-0.2, -0.15) is 0 Å². The van der Waals surface area contributed by atoms with Gasteiger partial charge in [0.15, 0.2) is 0 Å². The van der Waals surface area contributed by atoms with Crippen molar-refractivity contribution in [3.05, 3.63) is 0 Å². The van der Waals surface area contributed by atoms with Crippen LogP contribution in [0.2, 0.25) is 0 Å². The summed E-state index contributed by atoms with van der Waals surface area (Å²) < 4.78 is 29.3. The number of hydrogen-bond acceptors (Lipinski definition) is 4. The second-order valence-electron chi connectivity index (χ2n) is 4.66. The number of ether oxygens (including phenoxy) is 1. The number of nitrogens with one attached hydrogen (secondary N) is 1. The standard InChI is InChI=1S/C10H19N3O4S/c1-18(15,16)13-3-2-9(8-13)11-10(14)12-4-6-17-7-5-12/h9H,2-8H2,1H3,(H,11,14). The molecule has 7 nitrogen and oxygen atoms in total. The number of carbonyl (C=O) groups is 1. The largest absolute Gasteiger partial charge is 0.378 e. The van der Waals surface area contributed by atoms with Crippen molar-refractivity contribution in [2.75, 3.05) is 45.6 Å². The number of rotatable bonds is 2. The molecule has 1 unspecified atom stereocenters. The lowest BCUT2D eigenvalue weighted by Gasteiger charge is -2.28. The van der Waals surface area contributed by atoms with Crippen molar-refractivity contribution in [3.63, 3.8) is 0 Å². The third-order valence-corrected chi connectivity index (χ3v) is 4.52. The lowest BCUT2D eigenvalue weighted by atomic mass is 10.3. The average Bonchev–Trinajstić information content (AvgIpc) is 2.78. The lowest BCUT2D eigenvalue weighted by Crippen LogP contribution is -2.49. The lowest BCUT2D eigenvalue weighted by molar-refractivity contribution is 0.0526. The molecule has 1 atom stereocenters. The summed E-state index contributed by atoms with van der Waals surface area (Å²) in [5, 5.41) is 2.88. The van der Waals surface area contributed by atoms with Gasteiger partial charge in [0.2, 0.25) is 10.0 Å². The molecule has 0 bridgehead atoms. The molecule has 2 fully saturated rings. The van der Waals surface area contributed by atoms with Crippen LogP contribution in [0.25, 0.3) is 0 Å². The van der Waals surface area contributed by atoms with Crippen molar-refractivity contribution < 1.29 is 17.9 Å². The van der Waals surface area contributed by atoms with Crippen molar-refractivity contribution in [3.8, 4) is 0 Å².